The van der Waals surface area contributed by atoms with Gasteiger partial charge in [0.15, 0.2) is 0 Å². The Morgan fingerprint density at radius 2 is 1.95 bits per heavy atom. The summed E-state index contributed by atoms with van der Waals surface area (Å²) < 4.78 is 5.57. The molecular formula is C15H28N2O2. The summed E-state index contributed by atoms with van der Waals surface area (Å²) >= 11 is 0. The van der Waals surface area contributed by atoms with E-state index >= 15 is 0 Å². The van der Waals surface area contributed by atoms with E-state index in [0.717, 1.165) is 32.5 Å². The van der Waals surface area contributed by atoms with Gasteiger partial charge in [-0.15, -0.1) is 0 Å². The van der Waals surface area contributed by atoms with Gasteiger partial charge in [-0.25, -0.2) is 0 Å². The lowest BCUT2D eigenvalue weighted by Crippen LogP contribution is -2.56. The largest absolute Gasteiger partial charge is 0.368 e. The molecule has 2 N–H and O–H groups in total. The molecule has 2 aliphatic rings. The number of rotatable bonds is 6. The van der Waals surface area contributed by atoms with Gasteiger partial charge in [0.05, 0.1) is 0 Å². The SMILES string of the molecule is CCCC1(CNC(=O)C2(OC)CCNCC2)CCC1. The van der Waals surface area contributed by atoms with Crippen LogP contribution in [0.25, 0.3) is 0 Å². The average molecular weight is 268 g/mol. The van der Waals surface area contributed by atoms with E-state index in [1.54, 1.807) is 7.11 Å². The van der Waals surface area contributed by atoms with Gasteiger partial charge in [-0.05, 0) is 50.6 Å². The first-order chi connectivity index (χ1) is 9.16. The lowest BCUT2D eigenvalue weighted by Gasteiger charge is -2.43. The van der Waals surface area contributed by atoms with Crippen molar-refractivity contribution in [3.8, 4) is 0 Å². The summed E-state index contributed by atoms with van der Waals surface area (Å²) in [5.74, 6) is 0.0962. The number of carbonyl (C=O) groups excluding carboxylic acids is 1. The molecule has 0 spiro atoms. The van der Waals surface area contributed by atoms with Crippen molar-refractivity contribution in [2.24, 2.45) is 5.41 Å². The molecule has 2 fully saturated rings. The predicted molar refractivity (Wildman–Crippen MR) is 76.0 cm³/mol. The first-order valence-corrected chi connectivity index (χ1v) is 7.71. The Morgan fingerprint density at radius 3 is 2.42 bits per heavy atom. The highest BCUT2D eigenvalue weighted by Crippen LogP contribution is 2.44. The van der Waals surface area contributed by atoms with E-state index < -0.39 is 5.60 Å². The van der Waals surface area contributed by atoms with Crippen LogP contribution in [-0.4, -0.2) is 38.3 Å². The first kappa shape index (κ1) is 14.8. The Bertz CT molecular complexity index is 307. The first-order valence-electron chi connectivity index (χ1n) is 7.71. The van der Waals surface area contributed by atoms with Gasteiger partial charge in [0.25, 0.3) is 5.91 Å². The lowest BCUT2D eigenvalue weighted by molar-refractivity contribution is -0.147. The van der Waals surface area contributed by atoms with E-state index in [2.05, 4.69) is 17.6 Å². The van der Waals surface area contributed by atoms with Gasteiger partial charge >= 0.3 is 0 Å². The van der Waals surface area contributed by atoms with Gasteiger partial charge in [-0.3, -0.25) is 4.79 Å². The third kappa shape index (κ3) is 3.11. The van der Waals surface area contributed by atoms with E-state index in [4.69, 9.17) is 4.74 Å². The number of ether oxygens (including phenoxy) is 1. The highest BCUT2D eigenvalue weighted by molar-refractivity contribution is 5.85. The number of piperidine rings is 1. The molecule has 110 valence electrons. The second kappa shape index (κ2) is 6.23. The van der Waals surface area contributed by atoms with Crippen LogP contribution in [0.4, 0.5) is 0 Å². The third-order valence-corrected chi connectivity index (χ3v) is 5.03. The van der Waals surface area contributed by atoms with Crippen molar-refractivity contribution in [1.82, 2.24) is 10.6 Å². The molecule has 0 aromatic carbocycles. The summed E-state index contributed by atoms with van der Waals surface area (Å²) in [7, 11) is 1.66. The minimum Gasteiger partial charge on any atom is -0.368 e. The molecule has 0 radical (unpaired) electrons. The molecule has 1 saturated carbocycles. The molecule has 4 heteroatoms. The maximum atomic E-state index is 12.5. The summed E-state index contributed by atoms with van der Waals surface area (Å²) in [6, 6.07) is 0. The van der Waals surface area contributed by atoms with Crippen LogP contribution in [0, 0.1) is 5.41 Å². The summed E-state index contributed by atoms with van der Waals surface area (Å²) in [6.45, 7) is 4.78. The minimum atomic E-state index is -0.595. The quantitative estimate of drug-likeness (QED) is 0.773. The molecule has 0 unspecified atom stereocenters. The highest BCUT2D eigenvalue weighted by Gasteiger charge is 2.42. The molecule has 1 aliphatic carbocycles. The van der Waals surface area contributed by atoms with Crippen LogP contribution in [0.1, 0.15) is 51.9 Å². The molecule has 1 saturated heterocycles. The molecule has 1 heterocycles. The smallest absolute Gasteiger partial charge is 0.252 e. The molecule has 0 bridgehead atoms. The molecule has 0 aromatic rings. The molecular weight excluding hydrogens is 240 g/mol. The normalized spacial score (nSPS) is 24.5. The van der Waals surface area contributed by atoms with Gasteiger partial charge in [-0.1, -0.05) is 19.8 Å². The second-order valence-corrected chi connectivity index (χ2v) is 6.23. The van der Waals surface area contributed by atoms with Crippen molar-refractivity contribution in [3.63, 3.8) is 0 Å². The van der Waals surface area contributed by atoms with E-state index in [1.807, 2.05) is 0 Å². The van der Waals surface area contributed by atoms with E-state index in [-0.39, 0.29) is 5.91 Å². The van der Waals surface area contributed by atoms with Crippen LogP contribution in [0.15, 0.2) is 0 Å². The van der Waals surface area contributed by atoms with Crippen LogP contribution < -0.4 is 10.6 Å². The molecule has 4 nitrogen and oxygen atoms in total. The summed E-state index contributed by atoms with van der Waals surface area (Å²) in [6.07, 6.45) is 7.83. The molecule has 0 aromatic heterocycles. The molecule has 1 aliphatic heterocycles. The second-order valence-electron chi connectivity index (χ2n) is 6.23. The molecule has 19 heavy (non-hydrogen) atoms. The van der Waals surface area contributed by atoms with Crippen molar-refractivity contribution in [2.45, 2.75) is 57.5 Å². The molecule has 0 atom stereocenters. The van der Waals surface area contributed by atoms with Crippen LogP contribution in [-0.2, 0) is 9.53 Å². The van der Waals surface area contributed by atoms with E-state index in [9.17, 15) is 4.79 Å². The van der Waals surface area contributed by atoms with Crippen molar-refractivity contribution in [2.75, 3.05) is 26.7 Å². The zero-order valence-corrected chi connectivity index (χ0v) is 12.4. The Kier molecular flexibility index (Phi) is 4.85. The highest BCUT2D eigenvalue weighted by atomic mass is 16.5. The van der Waals surface area contributed by atoms with Crippen LogP contribution in [0.2, 0.25) is 0 Å². The summed E-state index contributed by atoms with van der Waals surface area (Å²) in [5, 5.41) is 6.46. The maximum Gasteiger partial charge on any atom is 0.252 e. The Morgan fingerprint density at radius 1 is 1.26 bits per heavy atom. The predicted octanol–water partition coefficient (Wildman–Crippen LogP) is 1.84. The van der Waals surface area contributed by atoms with Crippen molar-refractivity contribution < 1.29 is 9.53 Å². The van der Waals surface area contributed by atoms with Crippen molar-refractivity contribution in [3.05, 3.63) is 0 Å². The summed E-state index contributed by atoms with van der Waals surface area (Å²) in [4.78, 5) is 12.5. The standard InChI is InChI=1S/C15H28N2O2/c1-3-5-14(6-4-7-14)12-17-13(18)15(19-2)8-10-16-11-9-15/h16H,3-12H2,1-2H3,(H,17,18). The number of hydrogen-bond donors (Lipinski definition) is 2. The fourth-order valence-corrected chi connectivity index (χ4v) is 3.51. The van der Waals surface area contributed by atoms with Crippen LogP contribution in [0.5, 0.6) is 0 Å². The van der Waals surface area contributed by atoms with Crippen LogP contribution in [0.3, 0.4) is 0 Å². The van der Waals surface area contributed by atoms with Crippen LogP contribution >= 0.6 is 0 Å². The lowest BCUT2D eigenvalue weighted by atomic mass is 9.66. The number of amides is 1. The molecule has 1 amide bonds. The minimum absolute atomic E-state index is 0.0962. The number of hydrogen-bond acceptors (Lipinski definition) is 3. The van der Waals surface area contributed by atoms with Gasteiger partial charge in [0.2, 0.25) is 0 Å². The van der Waals surface area contributed by atoms with Crippen molar-refractivity contribution in [1.29, 1.82) is 0 Å². The third-order valence-electron chi connectivity index (χ3n) is 5.03. The fraction of sp³-hybridized carbons (Fsp3) is 0.933. The summed E-state index contributed by atoms with van der Waals surface area (Å²) in [5.41, 5.74) is -0.214. The van der Waals surface area contributed by atoms with E-state index in [0.29, 0.717) is 5.41 Å². The van der Waals surface area contributed by atoms with E-state index in [1.165, 1.54) is 32.1 Å². The van der Waals surface area contributed by atoms with Gasteiger partial charge in [-0.2, -0.15) is 0 Å². The number of nitrogens with one attached hydrogen (secondary N) is 2. The number of carbonyl (C=O) groups is 1. The maximum absolute atomic E-state index is 12.5. The van der Waals surface area contributed by atoms with Gasteiger partial charge in [0.1, 0.15) is 5.60 Å². The zero-order chi connectivity index (χ0) is 13.8. The fourth-order valence-electron chi connectivity index (χ4n) is 3.51. The topological polar surface area (TPSA) is 50.4 Å². The van der Waals surface area contributed by atoms with Crippen molar-refractivity contribution >= 4 is 5.91 Å². The monoisotopic (exact) mass is 268 g/mol. The van der Waals surface area contributed by atoms with Gasteiger partial charge in [0, 0.05) is 13.7 Å². The molecule has 2 rings (SSSR count). The zero-order valence-electron chi connectivity index (χ0n) is 12.4. The average Bonchev–Trinajstić information content (AvgIpc) is 2.42. The Balaban J connectivity index is 1.88. The Hall–Kier alpha value is -0.610. The Labute approximate surface area is 116 Å². The van der Waals surface area contributed by atoms with Gasteiger partial charge < -0.3 is 15.4 Å². The number of methoxy groups -OCH3 is 1.